The van der Waals surface area contributed by atoms with Crippen LogP contribution in [0.25, 0.3) is 17.2 Å². The van der Waals surface area contributed by atoms with E-state index in [0.29, 0.717) is 25.2 Å². The van der Waals surface area contributed by atoms with E-state index in [0.717, 1.165) is 28.2 Å². The van der Waals surface area contributed by atoms with Gasteiger partial charge >= 0.3 is 0 Å². The zero-order valence-electron chi connectivity index (χ0n) is 20.9. The van der Waals surface area contributed by atoms with Crippen LogP contribution in [0.2, 0.25) is 0 Å². The molecule has 1 aliphatic heterocycles. The Balaban J connectivity index is 1.39. The maximum absolute atomic E-state index is 13.7. The summed E-state index contributed by atoms with van der Waals surface area (Å²) in [5.41, 5.74) is 10.1. The average molecular weight is 499 g/mol. The van der Waals surface area contributed by atoms with Crippen LogP contribution in [-0.2, 0) is 22.6 Å². The summed E-state index contributed by atoms with van der Waals surface area (Å²) in [6.07, 6.45) is 3.32. The number of carbonyl (C=O) groups is 2. The summed E-state index contributed by atoms with van der Waals surface area (Å²) >= 11 is 0. The first-order chi connectivity index (χ1) is 17.8. The van der Waals surface area contributed by atoms with Crippen molar-refractivity contribution in [1.82, 2.24) is 30.5 Å². The molecule has 2 amide bonds. The van der Waals surface area contributed by atoms with Gasteiger partial charge in [0.1, 0.15) is 6.04 Å². The SMILES string of the molecule is CC(C)(N)CC(=O)N[C@@H]1CCc2ccccc2N(Cc2ccc(-n3cccc3-c3nnn[nH]3)cc2)C1=O. The normalized spacial score (nSPS) is 15.8. The Kier molecular flexibility index (Phi) is 6.58. The molecule has 4 aromatic rings. The molecule has 0 saturated carbocycles. The van der Waals surface area contributed by atoms with E-state index in [1.54, 1.807) is 18.7 Å². The largest absolute Gasteiger partial charge is 0.344 e. The van der Waals surface area contributed by atoms with E-state index in [-0.39, 0.29) is 18.2 Å². The average Bonchev–Trinajstić information content (AvgIpc) is 3.54. The van der Waals surface area contributed by atoms with Crippen LogP contribution in [0.1, 0.15) is 37.8 Å². The van der Waals surface area contributed by atoms with Crippen molar-refractivity contribution in [3.63, 3.8) is 0 Å². The fourth-order valence-electron chi connectivity index (χ4n) is 4.68. The molecule has 2 aromatic carbocycles. The van der Waals surface area contributed by atoms with Gasteiger partial charge in [0.05, 0.1) is 12.2 Å². The van der Waals surface area contributed by atoms with E-state index in [1.165, 1.54) is 0 Å². The molecule has 37 heavy (non-hydrogen) atoms. The first-order valence-electron chi connectivity index (χ1n) is 12.3. The number of aryl methyl sites for hydroxylation is 1. The van der Waals surface area contributed by atoms with Crippen molar-refractivity contribution >= 4 is 17.5 Å². The molecule has 0 spiro atoms. The molecule has 0 saturated heterocycles. The van der Waals surface area contributed by atoms with Gasteiger partial charge in [-0.2, -0.15) is 0 Å². The smallest absolute Gasteiger partial charge is 0.249 e. The van der Waals surface area contributed by atoms with E-state index >= 15 is 0 Å². The Hall–Kier alpha value is -4.31. The van der Waals surface area contributed by atoms with Gasteiger partial charge in [0, 0.05) is 29.5 Å². The zero-order chi connectivity index (χ0) is 26.0. The number of hydrogen-bond acceptors (Lipinski definition) is 6. The van der Waals surface area contributed by atoms with Gasteiger partial charge in [-0.05, 0) is 78.6 Å². The number of H-pyrrole nitrogens is 1. The van der Waals surface area contributed by atoms with Gasteiger partial charge in [0.25, 0.3) is 0 Å². The number of benzene rings is 2. The van der Waals surface area contributed by atoms with Gasteiger partial charge in [-0.15, -0.1) is 5.10 Å². The lowest BCUT2D eigenvalue weighted by Gasteiger charge is -2.27. The highest BCUT2D eigenvalue weighted by atomic mass is 16.2. The second kappa shape index (κ2) is 9.98. The van der Waals surface area contributed by atoms with Gasteiger partial charge in [-0.3, -0.25) is 9.59 Å². The van der Waals surface area contributed by atoms with Crippen molar-refractivity contribution in [2.24, 2.45) is 5.73 Å². The summed E-state index contributed by atoms with van der Waals surface area (Å²) in [6.45, 7) is 3.98. The number of anilines is 1. The van der Waals surface area contributed by atoms with E-state index in [4.69, 9.17) is 5.73 Å². The lowest BCUT2D eigenvalue weighted by atomic mass is 10.0. The molecule has 0 radical (unpaired) electrons. The van der Waals surface area contributed by atoms with Crippen LogP contribution >= 0.6 is 0 Å². The van der Waals surface area contributed by atoms with Crippen LogP contribution in [0.3, 0.4) is 0 Å². The van der Waals surface area contributed by atoms with E-state index in [9.17, 15) is 9.59 Å². The van der Waals surface area contributed by atoms with Crippen LogP contribution < -0.4 is 16.0 Å². The molecule has 3 heterocycles. The van der Waals surface area contributed by atoms with Crippen molar-refractivity contribution in [2.75, 3.05) is 4.90 Å². The molecule has 0 fully saturated rings. The molecular weight excluding hydrogens is 468 g/mol. The Bertz CT molecular complexity index is 1390. The first kappa shape index (κ1) is 24.4. The number of hydrogen-bond donors (Lipinski definition) is 3. The number of nitrogens with one attached hydrogen (secondary N) is 2. The second-order valence-electron chi connectivity index (χ2n) is 10.1. The standard InChI is InChI=1S/C27H30N8O2/c1-27(2,28)16-24(36)29-21-14-11-19-6-3-4-7-22(19)35(26(21)37)17-18-9-12-20(13-10-18)34-15-5-8-23(34)25-30-32-33-31-25/h3-10,12-13,15,21H,11,14,16-17,28H2,1-2H3,(H,29,36)(H,30,31,32,33)/t21-/m1/s1. The Morgan fingerprint density at radius 1 is 1.14 bits per heavy atom. The Labute approximate surface area is 214 Å². The molecule has 4 N–H and O–H groups in total. The number of carbonyl (C=O) groups excluding carboxylic acids is 2. The van der Waals surface area contributed by atoms with Gasteiger partial charge < -0.3 is 20.5 Å². The third-order valence-corrected chi connectivity index (χ3v) is 6.39. The predicted octanol–water partition coefficient (Wildman–Crippen LogP) is 2.75. The maximum atomic E-state index is 13.7. The monoisotopic (exact) mass is 498 g/mol. The van der Waals surface area contributed by atoms with Gasteiger partial charge in [-0.25, -0.2) is 5.10 Å². The number of tetrazole rings is 1. The topological polar surface area (TPSA) is 135 Å². The van der Waals surface area contributed by atoms with E-state index in [2.05, 4.69) is 25.9 Å². The highest BCUT2D eigenvalue weighted by Gasteiger charge is 2.32. The molecular formula is C27H30N8O2. The lowest BCUT2D eigenvalue weighted by molar-refractivity contribution is -0.128. The Morgan fingerprint density at radius 3 is 2.65 bits per heavy atom. The summed E-state index contributed by atoms with van der Waals surface area (Å²) in [4.78, 5) is 28.1. The second-order valence-corrected chi connectivity index (χ2v) is 10.1. The summed E-state index contributed by atoms with van der Waals surface area (Å²) in [5, 5.41) is 17.1. The third-order valence-electron chi connectivity index (χ3n) is 6.39. The predicted molar refractivity (Wildman–Crippen MR) is 140 cm³/mol. The van der Waals surface area contributed by atoms with Crippen molar-refractivity contribution < 1.29 is 9.59 Å². The van der Waals surface area contributed by atoms with Crippen molar-refractivity contribution in [1.29, 1.82) is 0 Å². The number of amides is 2. The molecule has 0 unspecified atom stereocenters. The molecule has 5 rings (SSSR count). The number of aromatic amines is 1. The molecule has 2 aromatic heterocycles. The highest BCUT2D eigenvalue weighted by molar-refractivity contribution is 6.00. The van der Waals surface area contributed by atoms with Gasteiger partial charge in [-0.1, -0.05) is 30.3 Å². The number of aromatic nitrogens is 5. The number of fused-ring (bicyclic) bond motifs is 1. The minimum Gasteiger partial charge on any atom is -0.344 e. The molecule has 1 atom stereocenters. The molecule has 0 bridgehead atoms. The molecule has 10 nitrogen and oxygen atoms in total. The van der Waals surface area contributed by atoms with Gasteiger partial charge in [0.2, 0.25) is 11.8 Å². The van der Waals surface area contributed by atoms with E-state index in [1.807, 2.05) is 71.4 Å². The van der Waals surface area contributed by atoms with Crippen LogP contribution in [0.4, 0.5) is 5.69 Å². The first-order valence-corrected chi connectivity index (χ1v) is 12.3. The number of para-hydroxylation sites is 1. The minimum atomic E-state index is -0.647. The van der Waals surface area contributed by atoms with Crippen molar-refractivity contribution in [3.05, 3.63) is 78.0 Å². The summed E-state index contributed by atoms with van der Waals surface area (Å²) in [5.74, 6) is 0.236. The fourth-order valence-corrected chi connectivity index (χ4v) is 4.68. The van der Waals surface area contributed by atoms with Crippen molar-refractivity contribution in [2.45, 2.75) is 51.2 Å². The Morgan fingerprint density at radius 2 is 1.92 bits per heavy atom. The summed E-state index contributed by atoms with van der Waals surface area (Å²) < 4.78 is 1.99. The van der Waals surface area contributed by atoms with Crippen LogP contribution in [0, 0.1) is 0 Å². The zero-order valence-corrected chi connectivity index (χ0v) is 20.9. The fraction of sp³-hybridized carbons (Fsp3) is 0.296. The highest BCUT2D eigenvalue weighted by Crippen LogP contribution is 2.29. The third kappa shape index (κ3) is 5.44. The molecule has 1 aliphatic rings. The lowest BCUT2D eigenvalue weighted by Crippen LogP contribution is -2.49. The van der Waals surface area contributed by atoms with Crippen LogP contribution in [0.15, 0.2) is 66.9 Å². The van der Waals surface area contributed by atoms with Crippen molar-refractivity contribution in [3.8, 4) is 17.2 Å². The number of nitrogens with zero attached hydrogens (tertiary/aromatic N) is 5. The van der Waals surface area contributed by atoms with Gasteiger partial charge in [0.15, 0.2) is 5.82 Å². The van der Waals surface area contributed by atoms with E-state index < -0.39 is 11.6 Å². The van der Waals surface area contributed by atoms with Crippen LogP contribution in [0.5, 0.6) is 0 Å². The maximum Gasteiger partial charge on any atom is 0.249 e. The summed E-state index contributed by atoms with van der Waals surface area (Å²) in [6, 6.07) is 19.2. The number of nitrogens with two attached hydrogens (primary N) is 1. The van der Waals surface area contributed by atoms with Crippen LogP contribution in [-0.4, -0.2) is 48.6 Å². The minimum absolute atomic E-state index is 0.122. The molecule has 0 aliphatic carbocycles. The molecule has 190 valence electrons. The quantitative estimate of drug-likeness (QED) is 0.359. The summed E-state index contributed by atoms with van der Waals surface area (Å²) in [7, 11) is 0. The number of rotatable bonds is 7. The molecule has 10 heteroatoms.